The fourth-order valence-electron chi connectivity index (χ4n) is 4.50. The van der Waals surface area contributed by atoms with Crippen molar-refractivity contribution in [2.24, 2.45) is 0 Å². The molecule has 1 unspecified atom stereocenters. The molecule has 0 radical (unpaired) electrons. The molecule has 2 saturated heterocycles. The van der Waals surface area contributed by atoms with Gasteiger partial charge in [-0.1, -0.05) is 24.3 Å². The van der Waals surface area contributed by atoms with Crippen molar-refractivity contribution in [3.8, 4) is 0 Å². The van der Waals surface area contributed by atoms with Gasteiger partial charge in [-0.25, -0.2) is 9.97 Å². The molecule has 1 atom stereocenters. The highest BCUT2D eigenvalue weighted by Gasteiger charge is 2.33. The first kappa shape index (κ1) is 22.9. The summed E-state index contributed by atoms with van der Waals surface area (Å²) in [4.78, 5) is 15.3. The van der Waals surface area contributed by atoms with Crippen molar-refractivity contribution in [3.05, 3.63) is 47.8 Å². The van der Waals surface area contributed by atoms with Crippen molar-refractivity contribution in [2.75, 3.05) is 69.8 Å². The quantitative estimate of drug-likeness (QED) is 0.640. The van der Waals surface area contributed by atoms with Crippen molar-refractivity contribution in [3.63, 3.8) is 0 Å². The van der Waals surface area contributed by atoms with E-state index < -0.39 is 5.60 Å². The minimum atomic E-state index is -0.771. The number of nitrogens with one attached hydrogen (secondary N) is 1. The second-order valence-corrected chi connectivity index (χ2v) is 9.19. The first-order valence-corrected chi connectivity index (χ1v) is 11.6. The second-order valence-electron chi connectivity index (χ2n) is 9.19. The van der Waals surface area contributed by atoms with Gasteiger partial charge in [-0.2, -0.15) is 0 Å². The zero-order valence-corrected chi connectivity index (χ0v) is 19.3. The Morgan fingerprint density at radius 2 is 1.94 bits per heavy atom. The van der Waals surface area contributed by atoms with Crippen LogP contribution in [-0.2, 0) is 17.8 Å². The number of piperidine rings is 1. The molecule has 174 valence electrons. The summed E-state index contributed by atoms with van der Waals surface area (Å²) in [6.45, 7) is 7.37. The highest BCUT2D eigenvalue weighted by Crippen LogP contribution is 2.26. The third kappa shape index (κ3) is 6.16. The van der Waals surface area contributed by atoms with Gasteiger partial charge in [0.15, 0.2) is 0 Å². The molecule has 2 aromatic rings. The minimum absolute atomic E-state index is 0.558. The Balaban J connectivity index is 1.30. The molecular weight excluding hydrogens is 404 g/mol. The average molecular weight is 441 g/mol. The monoisotopic (exact) mass is 440 g/mol. The Hall–Kier alpha value is -2.26. The van der Waals surface area contributed by atoms with Crippen LogP contribution in [-0.4, -0.2) is 85.6 Å². The van der Waals surface area contributed by atoms with Gasteiger partial charge in [0.1, 0.15) is 18.0 Å². The number of rotatable bonds is 8. The summed E-state index contributed by atoms with van der Waals surface area (Å²) < 4.78 is 5.45. The standard InChI is InChI=1S/C24H36N6O2/c1-28(2)22-14-23(27-19-26-22)30-8-4-7-24(31,18-30)17-25-15-20-5-3-6-21(13-20)16-29-9-11-32-12-10-29/h3,5-6,13-14,19,25,31H,4,7-12,15-18H2,1-2H3. The largest absolute Gasteiger partial charge is 0.387 e. The minimum Gasteiger partial charge on any atom is -0.387 e. The topological polar surface area (TPSA) is 77.0 Å². The van der Waals surface area contributed by atoms with Crippen molar-refractivity contribution >= 4 is 11.6 Å². The number of hydrogen-bond acceptors (Lipinski definition) is 8. The summed E-state index contributed by atoms with van der Waals surface area (Å²) in [5, 5.41) is 14.7. The summed E-state index contributed by atoms with van der Waals surface area (Å²) >= 11 is 0. The van der Waals surface area contributed by atoms with E-state index in [1.54, 1.807) is 6.33 Å². The van der Waals surface area contributed by atoms with Crippen LogP contribution in [0.25, 0.3) is 0 Å². The van der Waals surface area contributed by atoms with Crippen LogP contribution in [0.15, 0.2) is 36.7 Å². The number of hydrogen-bond donors (Lipinski definition) is 2. The summed E-state index contributed by atoms with van der Waals surface area (Å²) in [5.74, 6) is 1.75. The smallest absolute Gasteiger partial charge is 0.134 e. The van der Waals surface area contributed by atoms with Gasteiger partial charge in [0.2, 0.25) is 0 Å². The third-order valence-corrected chi connectivity index (χ3v) is 6.26. The zero-order valence-electron chi connectivity index (χ0n) is 19.3. The van der Waals surface area contributed by atoms with Gasteiger partial charge in [0, 0.05) is 66.0 Å². The molecule has 0 aliphatic carbocycles. The van der Waals surface area contributed by atoms with Crippen LogP contribution < -0.4 is 15.1 Å². The molecular formula is C24H36N6O2. The number of aromatic nitrogens is 2. The Kier molecular flexibility index (Phi) is 7.57. The maximum Gasteiger partial charge on any atom is 0.134 e. The fourth-order valence-corrected chi connectivity index (χ4v) is 4.50. The summed E-state index contributed by atoms with van der Waals surface area (Å²) in [7, 11) is 3.94. The van der Waals surface area contributed by atoms with E-state index in [0.29, 0.717) is 13.1 Å². The van der Waals surface area contributed by atoms with Gasteiger partial charge in [-0.3, -0.25) is 4.90 Å². The van der Waals surface area contributed by atoms with Gasteiger partial charge in [0.05, 0.1) is 18.8 Å². The Morgan fingerprint density at radius 3 is 2.75 bits per heavy atom. The van der Waals surface area contributed by atoms with Gasteiger partial charge in [-0.05, 0) is 24.0 Å². The molecule has 0 saturated carbocycles. The van der Waals surface area contributed by atoms with E-state index in [1.807, 2.05) is 25.1 Å². The average Bonchev–Trinajstić information content (AvgIpc) is 2.80. The molecule has 8 heteroatoms. The predicted molar refractivity (Wildman–Crippen MR) is 127 cm³/mol. The number of nitrogens with zero attached hydrogens (tertiary/aromatic N) is 5. The van der Waals surface area contributed by atoms with Crippen molar-refractivity contribution in [2.45, 2.75) is 31.5 Å². The number of β-amino-alcohol motifs (C(OH)–C–C–N with tert-alkyl or cyclic N) is 1. The van der Waals surface area contributed by atoms with Crippen LogP contribution in [0.3, 0.4) is 0 Å². The number of aliphatic hydroxyl groups is 1. The van der Waals surface area contributed by atoms with Crippen molar-refractivity contribution < 1.29 is 9.84 Å². The van der Waals surface area contributed by atoms with Crippen LogP contribution in [0.1, 0.15) is 24.0 Å². The molecule has 8 nitrogen and oxygen atoms in total. The number of morpholine rings is 1. The molecule has 2 fully saturated rings. The summed E-state index contributed by atoms with van der Waals surface area (Å²) in [6, 6.07) is 10.7. The third-order valence-electron chi connectivity index (χ3n) is 6.26. The van der Waals surface area contributed by atoms with E-state index in [0.717, 1.165) is 70.4 Å². The van der Waals surface area contributed by atoms with E-state index in [1.165, 1.54) is 11.1 Å². The van der Waals surface area contributed by atoms with Gasteiger partial charge >= 0.3 is 0 Å². The van der Waals surface area contributed by atoms with Crippen LogP contribution >= 0.6 is 0 Å². The van der Waals surface area contributed by atoms with Crippen molar-refractivity contribution in [1.29, 1.82) is 0 Å². The molecule has 2 N–H and O–H groups in total. The van der Waals surface area contributed by atoms with E-state index >= 15 is 0 Å². The lowest BCUT2D eigenvalue weighted by molar-refractivity contribution is 0.0259. The molecule has 32 heavy (non-hydrogen) atoms. The maximum absolute atomic E-state index is 11.3. The van der Waals surface area contributed by atoms with Gasteiger partial charge < -0.3 is 25.0 Å². The van der Waals surface area contributed by atoms with Gasteiger partial charge in [-0.15, -0.1) is 0 Å². The lowest BCUT2D eigenvalue weighted by Crippen LogP contribution is -2.53. The number of ether oxygens (including phenoxy) is 1. The molecule has 1 aromatic carbocycles. The first-order chi connectivity index (χ1) is 15.5. The zero-order chi connectivity index (χ0) is 22.4. The molecule has 0 bridgehead atoms. The second kappa shape index (κ2) is 10.6. The SMILES string of the molecule is CN(C)c1cc(N2CCCC(O)(CNCc3cccc(CN4CCOCC4)c3)C2)ncn1. The predicted octanol–water partition coefficient (Wildman–Crippen LogP) is 1.50. The van der Waals surface area contributed by atoms with Crippen LogP contribution in [0.5, 0.6) is 0 Å². The lowest BCUT2D eigenvalue weighted by Gasteiger charge is -2.40. The van der Waals surface area contributed by atoms with Crippen LogP contribution in [0.4, 0.5) is 11.6 Å². The molecule has 4 rings (SSSR count). The number of benzene rings is 1. The van der Waals surface area contributed by atoms with E-state index in [9.17, 15) is 5.11 Å². The van der Waals surface area contributed by atoms with Gasteiger partial charge in [0.25, 0.3) is 0 Å². The lowest BCUT2D eigenvalue weighted by atomic mass is 9.92. The number of anilines is 2. The molecule has 3 heterocycles. The molecule has 2 aliphatic rings. The molecule has 2 aliphatic heterocycles. The molecule has 1 aromatic heterocycles. The maximum atomic E-state index is 11.3. The molecule has 0 spiro atoms. The van der Waals surface area contributed by atoms with Crippen LogP contribution in [0.2, 0.25) is 0 Å². The molecule has 0 amide bonds. The Bertz CT molecular complexity index is 873. The highest BCUT2D eigenvalue weighted by molar-refractivity contribution is 5.49. The highest BCUT2D eigenvalue weighted by atomic mass is 16.5. The summed E-state index contributed by atoms with van der Waals surface area (Å²) in [6.07, 6.45) is 3.33. The Morgan fingerprint density at radius 1 is 1.12 bits per heavy atom. The summed E-state index contributed by atoms with van der Waals surface area (Å²) in [5.41, 5.74) is 1.81. The fraction of sp³-hybridized carbons (Fsp3) is 0.583. The normalized spacial score (nSPS) is 22.2. The van der Waals surface area contributed by atoms with Crippen LogP contribution in [0, 0.1) is 0 Å². The van der Waals surface area contributed by atoms with E-state index in [-0.39, 0.29) is 0 Å². The van der Waals surface area contributed by atoms with E-state index in [2.05, 4.69) is 49.4 Å². The Labute approximate surface area is 191 Å². The van der Waals surface area contributed by atoms with Crippen molar-refractivity contribution in [1.82, 2.24) is 20.2 Å². The first-order valence-electron chi connectivity index (χ1n) is 11.6. The van der Waals surface area contributed by atoms with E-state index in [4.69, 9.17) is 4.74 Å².